The van der Waals surface area contributed by atoms with E-state index in [0.717, 1.165) is 10.4 Å². The molecule has 118 valence electrons. The van der Waals surface area contributed by atoms with Crippen molar-refractivity contribution in [1.29, 1.82) is 0 Å². The summed E-state index contributed by atoms with van der Waals surface area (Å²) in [6.07, 6.45) is -0.329. The number of nitrogen functional groups attached to an aromatic ring is 1. The Morgan fingerprint density at radius 3 is 2.52 bits per heavy atom. The highest BCUT2D eigenvalue weighted by Crippen LogP contribution is 2.29. The van der Waals surface area contributed by atoms with Gasteiger partial charge in [0.1, 0.15) is 16.5 Å². The third-order valence-electron chi connectivity index (χ3n) is 3.21. The third kappa shape index (κ3) is 3.17. The first-order valence-corrected chi connectivity index (χ1v) is 7.89. The Balaban J connectivity index is 2.45. The molecule has 1 aromatic rings. The monoisotopic (exact) mass is 320 g/mol. The second-order valence-corrected chi connectivity index (χ2v) is 7.70. The van der Waals surface area contributed by atoms with Crippen molar-refractivity contribution in [3.8, 4) is 0 Å². The number of rotatable bonds is 2. The van der Waals surface area contributed by atoms with Crippen molar-refractivity contribution < 1.29 is 21.9 Å². The number of nitrogens with two attached hydrogens (primary N) is 1. The minimum atomic E-state index is -4.10. The number of anilines is 1. The van der Waals surface area contributed by atoms with Gasteiger partial charge in [-0.2, -0.15) is 4.31 Å². The van der Waals surface area contributed by atoms with Crippen LogP contribution in [0.1, 0.15) is 20.8 Å². The lowest BCUT2D eigenvalue weighted by Gasteiger charge is -2.40. The molecular formula is C13H18F2N2O3S. The van der Waals surface area contributed by atoms with Gasteiger partial charge in [0, 0.05) is 19.2 Å². The molecule has 2 rings (SSSR count). The van der Waals surface area contributed by atoms with E-state index in [-0.39, 0.29) is 19.2 Å². The second kappa shape index (κ2) is 5.19. The van der Waals surface area contributed by atoms with Crippen LogP contribution in [0.2, 0.25) is 0 Å². The standard InChI is InChI=1S/C13H18F2N2O3S/c1-8-6-17(7-13(2,3)20-8)21(18,19)12-5-11(16)9(14)4-10(12)15/h4-5,8H,6-7,16H2,1-3H3. The van der Waals surface area contributed by atoms with Gasteiger partial charge in [-0.1, -0.05) is 0 Å². The van der Waals surface area contributed by atoms with Crippen molar-refractivity contribution in [3.63, 3.8) is 0 Å². The molecule has 1 atom stereocenters. The number of morpholine rings is 1. The van der Waals surface area contributed by atoms with E-state index in [1.54, 1.807) is 20.8 Å². The summed E-state index contributed by atoms with van der Waals surface area (Å²) in [5.41, 5.74) is 4.25. The van der Waals surface area contributed by atoms with Crippen LogP contribution in [-0.2, 0) is 14.8 Å². The van der Waals surface area contributed by atoms with Crippen molar-refractivity contribution in [2.45, 2.75) is 37.4 Å². The van der Waals surface area contributed by atoms with Crippen molar-refractivity contribution in [2.24, 2.45) is 0 Å². The van der Waals surface area contributed by atoms with E-state index in [1.165, 1.54) is 0 Å². The quantitative estimate of drug-likeness (QED) is 0.843. The van der Waals surface area contributed by atoms with E-state index in [9.17, 15) is 17.2 Å². The van der Waals surface area contributed by atoms with Crippen LogP contribution in [0.15, 0.2) is 17.0 Å². The molecule has 1 fully saturated rings. The molecule has 21 heavy (non-hydrogen) atoms. The highest BCUT2D eigenvalue weighted by molar-refractivity contribution is 7.89. The van der Waals surface area contributed by atoms with E-state index < -0.39 is 37.8 Å². The average Bonchev–Trinajstić information content (AvgIpc) is 2.31. The van der Waals surface area contributed by atoms with Gasteiger partial charge < -0.3 is 10.5 Å². The molecule has 0 aliphatic carbocycles. The zero-order chi connectivity index (χ0) is 16.0. The van der Waals surface area contributed by atoms with Gasteiger partial charge in [0.25, 0.3) is 0 Å². The lowest BCUT2D eigenvalue weighted by atomic mass is 10.1. The van der Waals surface area contributed by atoms with Crippen LogP contribution in [0.3, 0.4) is 0 Å². The van der Waals surface area contributed by atoms with Gasteiger partial charge >= 0.3 is 0 Å². The maximum absolute atomic E-state index is 13.8. The molecule has 5 nitrogen and oxygen atoms in total. The summed E-state index contributed by atoms with van der Waals surface area (Å²) in [5, 5.41) is 0. The first-order valence-electron chi connectivity index (χ1n) is 6.45. The summed E-state index contributed by atoms with van der Waals surface area (Å²) < 4.78 is 58.9. The number of ether oxygens (including phenoxy) is 1. The summed E-state index contributed by atoms with van der Waals surface area (Å²) in [5.74, 6) is -2.14. The van der Waals surface area contributed by atoms with Crippen molar-refractivity contribution >= 4 is 15.7 Å². The molecular weight excluding hydrogens is 302 g/mol. The Morgan fingerprint density at radius 2 is 1.95 bits per heavy atom. The van der Waals surface area contributed by atoms with Crippen LogP contribution in [0, 0.1) is 11.6 Å². The average molecular weight is 320 g/mol. The largest absolute Gasteiger partial charge is 0.396 e. The summed E-state index contributed by atoms with van der Waals surface area (Å²) in [6, 6.07) is 1.30. The van der Waals surface area contributed by atoms with Crippen molar-refractivity contribution in [1.82, 2.24) is 4.31 Å². The van der Waals surface area contributed by atoms with E-state index in [0.29, 0.717) is 6.07 Å². The fraction of sp³-hybridized carbons (Fsp3) is 0.538. The molecule has 1 heterocycles. The Morgan fingerprint density at radius 1 is 1.33 bits per heavy atom. The number of hydrogen-bond acceptors (Lipinski definition) is 4. The van der Waals surface area contributed by atoms with Gasteiger partial charge in [0.05, 0.1) is 17.4 Å². The zero-order valence-electron chi connectivity index (χ0n) is 12.1. The van der Waals surface area contributed by atoms with Gasteiger partial charge in [-0.05, 0) is 26.8 Å². The van der Waals surface area contributed by atoms with Gasteiger partial charge in [-0.15, -0.1) is 0 Å². The molecule has 8 heteroatoms. The molecule has 1 aromatic carbocycles. The molecule has 1 unspecified atom stereocenters. The predicted molar refractivity (Wildman–Crippen MR) is 74.2 cm³/mol. The summed E-state index contributed by atoms with van der Waals surface area (Å²) in [7, 11) is -4.10. The first kappa shape index (κ1) is 16.1. The molecule has 1 aliphatic heterocycles. The number of hydrogen-bond donors (Lipinski definition) is 1. The van der Waals surface area contributed by atoms with E-state index >= 15 is 0 Å². The Hall–Kier alpha value is -1.25. The highest BCUT2D eigenvalue weighted by Gasteiger charge is 2.39. The normalized spacial score (nSPS) is 23.2. The van der Waals surface area contributed by atoms with Crippen LogP contribution < -0.4 is 5.73 Å². The van der Waals surface area contributed by atoms with Gasteiger partial charge in [0.15, 0.2) is 0 Å². The molecule has 2 N–H and O–H groups in total. The number of sulfonamides is 1. The molecule has 0 amide bonds. The number of benzene rings is 1. The van der Waals surface area contributed by atoms with E-state index in [1.807, 2.05) is 0 Å². The Bertz CT molecular complexity index is 662. The predicted octanol–water partition coefficient (Wildman–Crippen LogP) is 1.74. The molecule has 0 saturated carbocycles. The Kier molecular flexibility index (Phi) is 3.98. The van der Waals surface area contributed by atoms with Gasteiger partial charge in [-0.3, -0.25) is 0 Å². The molecule has 0 aromatic heterocycles. The second-order valence-electron chi connectivity index (χ2n) is 5.79. The molecule has 1 aliphatic rings. The Labute approximate surface area is 122 Å². The van der Waals surface area contributed by atoms with Gasteiger partial charge in [-0.25, -0.2) is 17.2 Å². The minimum Gasteiger partial charge on any atom is -0.396 e. The third-order valence-corrected chi connectivity index (χ3v) is 5.03. The fourth-order valence-corrected chi connectivity index (χ4v) is 4.21. The van der Waals surface area contributed by atoms with E-state index in [4.69, 9.17) is 10.5 Å². The smallest absolute Gasteiger partial charge is 0.246 e. The summed E-state index contributed by atoms with van der Waals surface area (Å²) in [6.45, 7) is 5.42. The van der Waals surface area contributed by atoms with E-state index in [2.05, 4.69) is 0 Å². The highest BCUT2D eigenvalue weighted by atomic mass is 32.2. The van der Waals surface area contributed by atoms with Crippen molar-refractivity contribution in [2.75, 3.05) is 18.8 Å². The summed E-state index contributed by atoms with van der Waals surface area (Å²) in [4.78, 5) is -0.619. The van der Waals surface area contributed by atoms with Crippen LogP contribution >= 0.6 is 0 Å². The first-order chi connectivity index (χ1) is 9.53. The number of nitrogens with zero attached hydrogens (tertiary/aromatic N) is 1. The van der Waals surface area contributed by atoms with Crippen LogP contribution in [0.5, 0.6) is 0 Å². The SMILES string of the molecule is CC1CN(S(=O)(=O)c2cc(N)c(F)cc2F)CC(C)(C)O1. The lowest BCUT2D eigenvalue weighted by Crippen LogP contribution is -2.53. The van der Waals surface area contributed by atoms with Crippen LogP contribution in [0.4, 0.5) is 14.5 Å². The molecule has 0 radical (unpaired) electrons. The zero-order valence-corrected chi connectivity index (χ0v) is 12.9. The molecule has 0 bridgehead atoms. The maximum atomic E-state index is 13.8. The minimum absolute atomic E-state index is 0.0798. The maximum Gasteiger partial charge on any atom is 0.246 e. The fourth-order valence-electron chi connectivity index (χ4n) is 2.46. The topological polar surface area (TPSA) is 72.6 Å². The lowest BCUT2D eigenvalue weighted by molar-refractivity contribution is -0.109. The number of halogens is 2. The van der Waals surface area contributed by atoms with Crippen LogP contribution in [0.25, 0.3) is 0 Å². The van der Waals surface area contributed by atoms with Crippen molar-refractivity contribution in [3.05, 3.63) is 23.8 Å². The summed E-state index contributed by atoms with van der Waals surface area (Å²) >= 11 is 0. The van der Waals surface area contributed by atoms with Crippen LogP contribution in [-0.4, -0.2) is 37.5 Å². The van der Waals surface area contributed by atoms with Gasteiger partial charge in [0.2, 0.25) is 10.0 Å². The molecule has 0 spiro atoms. The molecule has 1 saturated heterocycles.